The second kappa shape index (κ2) is 3.79. The molecule has 0 aliphatic heterocycles. The van der Waals surface area contributed by atoms with Crippen LogP contribution in [0.25, 0.3) is 0 Å². The lowest BCUT2D eigenvalue weighted by molar-refractivity contribution is 0.269. The maximum atomic E-state index is 10.6. The lowest BCUT2D eigenvalue weighted by Gasteiger charge is -2.08. The van der Waals surface area contributed by atoms with Gasteiger partial charge in [0.05, 0.1) is 0 Å². The third-order valence-corrected chi connectivity index (χ3v) is 2.17. The zero-order valence-corrected chi connectivity index (χ0v) is 8.70. The molecule has 0 spiro atoms. The van der Waals surface area contributed by atoms with Crippen LogP contribution in [-0.4, -0.2) is 5.37 Å². The molecule has 1 rings (SSSR count). The van der Waals surface area contributed by atoms with Crippen molar-refractivity contribution in [2.45, 2.75) is 20.8 Å². The topological polar surface area (TPSA) is 29.1 Å². The zero-order valence-electron chi connectivity index (χ0n) is 7.94. The Labute approximate surface area is 82.9 Å². The number of anilines is 1. The molecule has 0 saturated carbocycles. The largest absolute Gasteiger partial charge is 0.318 e. The molecule has 0 fully saturated rings. The molecule has 0 saturated heterocycles. The Kier molecular flexibility index (Phi) is 2.94. The molecule has 1 amide bonds. The second-order valence-electron chi connectivity index (χ2n) is 3.15. The minimum atomic E-state index is -0.550. The van der Waals surface area contributed by atoms with Gasteiger partial charge in [-0.05, 0) is 55.1 Å². The predicted molar refractivity (Wildman–Crippen MR) is 55.5 cm³/mol. The molecule has 0 heterocycles. The summed E-state index contributed by atoms with van der Waals surface area (Å²) in [5, 5.41) is 2.02. The second-order valence-corrected chi connectivity index (χ2v) is 3.49. The number of carbonyl (C=O) groups is 1. The first-order valence-electron chi connectivity index (χ1n) is 4.05. The lowest BCUT2D eigenvalue weighted by Crippen LogP contribution is -2.03. The number of rotatable bonds is 1. The molecular weight excluding hydrogens is 186 g/mol. The summed E-state index contributed by atoms with van der Waals surface area (Å²) in [6.07, 6.45) is 0. The number of carbonyl (C=O) groups excluding carboxylic acids is 1. The van der Waals surface area contributed by atoms with E-state index in [2.05, 4.69) is 5.32 Å². The van der Waals surface area contributed by atoms with E-state index in [0.29, 0.717) is 0 Å². The minimum absolute atomic E-state index is 0.550. The van der Waals surface area contributed by atoms with Gasteiger partial charge in [0, 0.05) is 5.69 Å². The molecule has 0 bridgehead atoms. The highest BCUT2D eigenvalue weighted by Gasteiger charge is 2.03. The molecule has 1 aromatic rings. The van der Waals surface area contributed by atoms with Crippen molar-refractivity contribution in [3.05, 3.63) is 28.8 Å². The van der Waals surface area contributed by atoms with E-state index in [0.717, 1.165) is 16.8 Å². The molecule has 2 nitrogen and oxygen atoms in total. The minimum Gasteiger partial charge on any atom is -0.312 e. The highest BCUT2D eigenvalue weighted by Crippen LogP contribution is 2.20. The van der Waals surface area contributed by atoms with Gasteiger partial charge in [-0.2, -0.15) is 0 Å². The summed E-state index contributed by atoms with van der Waals surface area (Å²) >= 11 is 5.23. The number of benzene rings is 1. The van der Waals surface area contributed by atoms with Crippen molar-refractivity contribution in [1.29, 1.82) is 0 Å². The summed E-state index contributed by atoms with van der Waals surface area (Å²) in [4.78, 5) is 10.6. The quantitative estimate of drug-likeness (QED) is 0.543. The predicted octanol–water partition coefficient (Wildman–Crippen LogP) is 3.38. The third kappa shape index (κ3) is 2.46. The molecule has 70 valence electrons. The lowest BCUT2D eigenvalue weighted by atomic mass is 10.1. The Hall–Kier alpha value is -1.02. The zero-order chi connectivity index (χ0) is 10.0. The number of nitrogens with one attached hydrogen (secondary N) is 1. The van der Waals surface area contributed by atoms with Crippen LogP contribution in [-0.2, 0) is 0 Å². The molecule has 3 heteroatoms. The summed E-state index contributed by atoms with van der Waals surface area (Å²) in [6, 6.07) is 3.95. The van der Waals surface area contributed by atoms with Gasteiger partial charge in [-0.1, -0.05) is 6.07 Å². The molecule has 0 aromatic heterocycles. The number of aryl methyl sites for hydroxylation is 3. The number of halogens is 1. The highest BCUT2D eigenvalue weighted by atomic mass is 35.5. The first kappa shape index (κ1) is 10.1. The van der Waals surface area contributed by atoms with Crippen molar-refractivity contribution in [3.8, 4) is 0 Å². The van der Waals surface area contributed by atoms with Gasteiger partial charge in [0.1, 0.15) is 0 Å². The molecular formula is C10H12ClNO. The third-order valence-electron chi connectivity index (χ3n) is 2.07. The van der Waals surface area contributed by atoms with Gasteiger partial charge in [-0.15, -0.1) is 0 Å². The van der Waals surface area contributed by atoms with E-state index in [1.165, 1.54) is 5.56 Å². The maximum absolute atomic E-state index is 10.6. The Balaban J connectivity index is 3.08. The first-order chi connectivity index (χ1) is 6.00. The summed E-state index contributed by atoms with van der Waals surface area (Å²) in [5.74, 6) is 0. The Morgan fingerprint density at radius 1 is 1.15 bits per heavy atom. The van der Waals surface area contributed by atoms with E-state index >= 15 is 0 Å². The summed E-state index contributed by atoms with van der Waals surface area (Å²) in [7, 11) is 0. The summed E-state index contributed by atoms with van der Waals surface area (Å²) < 4.78 is 0. The van der Waals surface area contributed by atoms with Gasteiger partial charge in [-0.3, -0.25) is 4.79 Å². The van der Waals surface area contributed by atoms with Gasteiger partial charge in [0.25, 0.3) is 0 Å². The Morgan fingerprint density at radius 2 is 1.69 bits per heavy atom. The van der Waals surface area contributed by atoms with Crippen LogP contribution in [0.1, 0.15) is 16.7 Å². The van der Waals surface area contributed by atoms with Crippen LogP contribution < -0.4 is 5.32 Å². The molecule has 1 N–H and O–H groups in total. The Bertz CT molecular complexity index is 347. The van der Waals surface area contributed by atoms with Crippen molar-refractivity contribution in [3.63, 3.8) is 0 Å². The molecule has 0 aliphatic carbocycles. The van der Waals surface area contributed by atoms with Crippen LogP contribution >= 0.6 is 11.6 Å². The van der Waals surface area contributed by atoms with E-state index in [-0.39, 0.29) is 0 Å². The van der Waals surface area contributed by atoms with Gasteiger partial charge in [0.2, 0.25) is 0 Å². The normalized spacial score (nSPS) is 9.85. The smallest absolute Gasteiger partial charge is 0.312 e. The Morgan fingerprint density at radius 3 is 2.23 bits per heavy atom. The van der Waals surface area contributed by atoms with Crippen LogP contribution in [0.3, 0.4) is 0 Å². The highest BCUT2D eigenvalue weighted by molar-refractivity contribution is 6.65. The van der Waals surface area contributed by atoms with E-state index in [9.17, 15) is 4.79 Å². The average molecular weight is 198 g/mol. The molecule has 0 radical (unpaired) electrons. The van der Waals surface area contributed by atoms with Gasteiger partial charge >= 0.3 is 5.37 Å². The summed E-state index contributed by atoms with van der Waals surface area (Å²) in [6.45, 7) is 5.97. The van der Waals surface area contributed by atoms with Crippen molar-refractivity contribution >= 4 is 22.7 Å². The van der Waals surface area contributed by atoms with Crippen molar-refractivity contribution in [1.82, 2.24) is 0 Å². The fraction of sp³-hybridized carbons (Fsp3) is 0.300. The van der Waals surface area contributed by atoms with Crippen LogP contribution in [0.2, 0.25) is 0 Å². The van der Waals surface area contributed by atoms with Gasteiger partial charge in [-0.25, -0.2) is 0 Å². The van der Waals surface area contributed by atoms with Crippen LogP contribution in [0.4, 0.5) is 10.5 Å². The van der Waals surface area contributed by atoms with Crippen LogP contribution in [0, 0.1) is 20.8 Å². The maximum Gasteiger partial charge on any atom is 0.318 e. The van der Waals surface area contributed by atoms with Crippen molar-refractivity contribution in [2.75, 3.05) is 5.32 Å². The van der Waals surface area contributed by atoms with Crippen molar-refractivity contribution in [2.24, 2.45) is 0 Å². The van der Waals surface area contributed by atoms with Crippen LogP contribution in [0.15, 0.2) is 12.1 Å². The fourth-order valence-corrected chi connectivity index (χ4v) is 1.30. The molecule has 0 unspecified atom stereocenters. The van der Waals surface area contributed by atoms with Gasteiger partial charge < -0.3 is 5.32 Å². The SMILES string of the molecule is Cc1cc(C)c(NC(=O)Cl)cc1C. The van der Waals surface area contributed by atoms with E-state index in [4.69, 9.17) is 11.6 Å². The molecule has 13 heavy (non-hydrogen) atoms. The van der Waals surface area contributed by atoms with Gasteiger partial charge in [0.15, 0.2) is 0 Å². The average Bonchev–Trinajstić information content (AvgIpc) is 1.99. The monoisotopic (exact) mass is 197 g/mol. The molecule has 0 atom stereocenters. The van der Waals surface area contributed by atoms with E-state index < -0.39 is 5.37 Å². The van der Waals surface area contributed by atoms with Crippen molar-refractivity contribution < 1.29 is 4.79 Å². The molecule has 0 aliphatic rings. The standard InChI is InChI=1S/C10H12ClNO/c1-6-4-8(3)9(5-7(6)2)12-10(11)13/h4-5H,1-3H3,(H,12,13). The van der Waals surface area contributed by atoms with Crippen LogP contribution in [0.5, 0.6) is 0 Å². The summed E-state index contributed by atoms with van der Waals surface area (Å²) in [5.41, 5.74) is 4.16. The van der Waals surface area contributed by atoms with E-state index in [1.807, 2.05) is 32.9 Å². The number of amides is 1. The fourth-order valence-electron chi connectivity index (χ4n) is 1.20. The number of hydrogen-bond donors (Lipinski definition) is 1. The first-order valence-corrected chi connectivity index (χ1v) is 4.43. The number of hydrogen-bond acceptors (Lipinski definition) is 1. The molecule has 1 aromatic carbocycles. The van der Waals surface area contributed by atoms with E-state index in [1.54, 1.807) is 0 Å².